The molecule has 0 aliphatic heterocycles. The van der Waals surface area contributed by atoms with Gasteiger partial charge in [-0.1, -0.05) is 4.96 Å². The van der Waals surface area contributed by atoms with Crippen LogP contribution in [0.4, 0.5) is 0 Å². The number of aromatic nitrogens is 3. The summed E-state index contributed by atoms with van der Waals surface area (Å²) >= 11 is 0. The highest BCUT2D eigenvalue weighted by atomic mass is 17.0. The van der Waals surface area contributed by atoms with Crippen molar-refractivity contribution in [3.63, 3.8) is 0 Å². The van der Waals surface area contributed by atoms with Crippen molar-refractivity contribution in [2.75, 3.05) is 5.84 Å². The predicted molar refractivity (Wildman–Crippen MR) is 27.2 cm³/mol. The molecule has 0 aromatic carbocycles. The van der Waals surface area contributed by atoms with Gasteiger partial charge in [0, 0.05) is 0 Å². The van der Waals surface area contributed by atoms with Gasteiger partial charge < -0.3 is 20.3 Å². The third-order valence-electron chi connectivity index (χ3n) is 0.802. The van der Waals surface area contributed by atoms with E-state index in [1.165, 1.54) is 0 Å². The highest BCUT2D eigenvalue weighted by Crippen LogP contribution is 1.85. The van der Waals surface area contributed by atoms with Crippen LogP contribution in [0.15, 0.2) is 9.26 Å². The number of nitrogens with zero attached hydrogens (tertiary/aromatic N) is 3. The quantitative estimate of drug-likeness (QED) is 0.524. The summed E-state index contributed by atoms with van der Waals surface area (Å²) in [7, 11) is 0. The minimum absolute atomic E-state index is 0.0938. The molecule has 7 nitrogen and oxygen atoms in total. The average molecular weight is 135 g/mol. The minimum atomic E-state index is -0.0938. The van der Waals surface area contributed by atoms with Crippen LogP contribution >= 0.6 is 0 Å². The molecular formula is C2H7N4O3-. The van der Waals surface area contributed by atoms with Crippen LogP contribution in [0.5, 0.6) is 0 Å². The zero-order chi connectivity index (χ0) is 6.85. The highest BCUT2D eigenvalue weighted by molar-refractivity contribution is 4.23. The third-order valence-corrected chi connectivity index (χ3v) is 0.802. The first kappa shape index (κ1) is 5.73. The Morgan fingerprint density at radius 3 is 2.44 bits per heavy atom. The third kappa shape index (κ3) is 0.880. The van der Waals surface area contributed by atoms with Gasteiger partial charge in [0.1, 0.15) is 0 Å². The molecule has 1 aromatic heterocycles. The fourth-order valence-corrected chi connectivity index (χ4v) is 0.434. The molecule has 0 bridgehead atoms. The summed E-state index contributed by atoms with van der Waals surface area (Å²) in [5.74, 6) is 5.05. The van der Waals surface area contributed by atoms with E-state index in [1.54, 1.807) is 6.92 Å². The Hall–Kier alpha value is -1.40. The van der Waals surface area contributed by atoms with E-state index in [1.807, 2.05) is 0 Å². The molecule has 0 saturated heterocycles. The molecule has 0 amide bonds. The molecule has 7 heteroatoms. The topological polar surface area (TPSA) is 90.1 Å². The summed E-state index contributed by atoms with van der Waals surface area (Å²) in [4.78, 5) is 1.75. The van der Waals surface area contributed by atoms with E-state index >= 15 is 0 Å². The number of nitrogens with two attached hydrogens (primary N) is 1. The van der Waals surface area contributed by atoms with E-state index in [9.17, 15) is 5.21 Å². The lowest BCUT2D eigenvalue weighted by Crippen LogP contribution is -2.17. The van der Waals surface area contributed by atoms with Gasteiger partial charge in [0.2, 0.25) is 0 Å². The van der Waals surface area contributed by atoms with Crippen molar-refractivity contribution in [1.82, 2.24) is 14.9 Å². The van der Waals surface area contributed by atoms with Crippen molar-refractivity contribution in [3.05, 3.63) is 5.21 Å². The monoisotopic (exact) mass is 135 g/mol. The van der Waals surface area contributed by atoms with E-state index in [-0.39, 0.29) is 5.08 Å². The molecule has 0 fully saturated rings. The molecule has 2 N–H and O–H groups in total. The lowest BCUT2D eigenvalue weighted by molar-refractivity contribution is 0.0798. The van der Waals surface area contributed by atoms with E-state index in [0.29, 0.717) is 11.5 Å². The van der Waals surface area contributed by atoms with E-state index in [0.717, 1.165) is 4.85 Å². The molecule has 0 aliphatic rings. The highest BCUT2D eigenvalue weighted by Gasteiger charge is 1.86. The van der Waals surface area contributed by atoms with Crippen LogP contribution in [0.1, 0.15) is 6.92 Å². The maximum Gasteiger partial charge on any atom is 0.0601 e. The first-order valence-electron chi connectivity index (χ1n) is 2.39. The zero-order valence-electron chi connectivity index (χ0n) is 4.85. The Labute approximate surface area is 49.9 Å². The van der Waals surface area contributed by atoms with Crippen molar-refractivity contribution < 1.29 is 9.26 Å². The molecule has 0 radical (unpaired) electrons. The number of aryl methyl sites for hydroxylation is 1. The van der Waals surface area contributed by atoms with Crippen molar-refractivity contribution in [1.29, 1.82) is 0 Å². The Morgan fingerprint density at radius 1 is 1.56 bits per heavy atom. The molecule has 1 heterocycles. The van der Waals surface area contributed by atoms with Crippen LogP contribution in [0.2, 0.25) is 0 Å². The Kier molecular flexibility index (Phi) is 1.17. The van der Waals surface area contributed by atoms with Crippen LogP contribution in [0.25, 0.3) is 0 Å². The second-order valence-electron chi connectivity index (χ2n) is 1.36. The largest absolute Gasteiger partial charge is 0.345 e. The van der Waals surface area contributed by atoms with Gasteiger partial charge in [-0.3, -0.25) is 0 Å². The van der Waals surface area contributed by atoms with Crippen LogP contribution in [-0.4, -0.2) is 14.9 Å². The van der Waals surface area contributed by atoms with Crippen LogP contribution in [0.3, 0.4) is 0 Å². The molecule has 1 aromatic rings. The van der Waals surface area contributed by atoms with Gasteiger partial charge in [-0.2, -0.15) is 4.85 Å². The first-order valence-corrected chi connectivity index (χ1v) is 2.39. The molecule has 9 heavy (non-hydrogen) atoms. The smallest absolute Gasteiger partial charge is 0.0601 e. The SMILES string of the molecule is CCn1on([O-])on1N. The second kappa shape index (κ2) is 1.84. The fourth-order valence-electron chi connectivity index (χ4n) is 0.434. The maximum absolute atomic E-state index is 10.1. The average Bonchev–Trinajstić information content (AvgIpc) is 2.10. The molecule has 0 saturated carbocycles. The predicted octanol–water partition coefficient (Wildman–Crippen LogP) is -0.519. The molecule has 54 valence electrons. The summed E-state index contributed by atoms with van der Waals surface area (Å²) in [6, 6.07) is 0. The van der Waals surface area contributed by atoms with Crippen molar-refractivity contribution in [2.24, 2.45) is 0 Å². The van der Waals surface area contributed by atoms with Gasteiger partial charge in [-0.05, 0) is 12.0 Å². The summed E-state index contributed by atoms with van der Waals surface area (Å²) in [6.07, 6.45) is 0. The number of rotatable bonds is 1. The molecule has 0 atom stereocenters. The van der Waals surface area contributed by atoms with Crippen molar-refractivity contribution in [2.45, 2.75) is 13.5 Å². The molecular weight excluding hydrogens is 128 g/mol. The molecule has 0 unspecified atom stereocenters. The summed E-state index contributed by atoms with van der Waals surface area (Å²) in [5.41, 5.74) is 0. The number of hydrogen-bond donors (Lipinski definition) is 1. The molecule has 1 rings (SSSR count). The standard InChI is InChI=1S/C2H7N4O3/c1-2-4-5(3)9-6(7)8-4/h2-3H2,1H3/q-1. The Bertz CT molecular complexity index is 208. The molecule has 0 spiro atoms. The van der Waals surface area contributed by atoms with Crippen molar-refractivity contribution >= 4 is 0 Å². The van der Waals surface area contributed by atoms with Crippen molar-refractivity contribution in [3.8, 4) is 0 Å². The maximum atomic E-state index is 10.1. The minimum Gasteiger partial charge on any atom is -0.345 e. The van der Waals surface area contributed by atoms with E-state index in [2.05, 4.69) is 9.26 Å². The van der Waals surface area contributed by atoms with Crippen LogP contribution < -0.4 is 5.84 Å². The van der Waals surface area contributed by atoms with Gasteiger partial charge in [-0.15, -0.1) is 0 Å². The lowest BCUT2D eigenvalue weighted by atomic mass is 10.8. The Morgan fingerprint density at radius 2 is 2.22 bits per heavy atom. The Balaban J connectivity index is 3.01. The first-order chi connectivity index (χ1) is 4.24. The van der Waals surface area contributed by atoms with Gasteiger partial charge in [0.05, 0.1) is 6.54 Å². The fraction of sp³-hybridized carbons (Fsp3) is 1.00. The van der Waals surface area contributed by atoms with Gasteiger partial charge in [0.25, 0.3) is 0 Å². The van der Waals surface area contributed by atoms with E-state index in [4.69, 9.17) is 5.84 Å². The van der Waals surface area contributed by atoms with Gasteiger partial charge in [0.15, 0.2) is 0 Å². The number of nitrogen functional groups attached to an aromatic ring is 1. The normalized spacial score (nSPS) is 9.89. The van der Waals surface area contributed by atoms with Gasteiger partial charge in [-0.25, -0.2) is 0 Å². The number of hydrogen-bond acceptors (Lipinski definition) is 4. The summed E-state index contributed by atoms with van der Waals surface area (Å²) in [5, 5.41) is 10.0. The summed E-state index contributed by atoms with van der Waals surface area (Å²) < 4.78 is 8.47. The summed E-state index contributed by atoms with van der Waals surface area (Å²) in [6.45, 7) is 2.19. The second-order valence-corrected chi connectivity index (χ2v) is 1.36. The van der Waals surface area contributed by atoms with E-state index < -0.39 is 0 Å². The van der Waals surface area contributed by atoms with Crippen LogP contribution in [0, 0.1) is 5.21 Å². The lowest BCUT2D eigenvalue weighted by Gasteiger charge is -1.97. The zero-order valence-corrected chi connectivity index (χ0v) is 4.85. The van der Waals surface area contributed by atoms with Gasteiger partial charge >= 0.3 is 0 Å². The van der Waals surface area contributed by atoms with Crippen LogP contribution in [-0.2, 0) is 6.54 Å². The molecule has 0 aliphatic carbocycles.